The Hall–Kier alpha value is -2.25. The highest BCUT2D eigenvalue weighted by Gasteiger charge is 2.32. The van der Waals surface area contributed by atoms with Crippen LogP contribution in [-0.4, -0.2) is 33.5 Å². The van der Waals surface area contributed by atoms with E-state index in [-0.39, 0.29) is 17.1 Å². The number of nitrogens with zero attached hydrogens (tertiary/aromatic N) is 2. The fourth-order valence-corrected chi connectivity index (χ4v) is 5.50. The van der Waals surface area contributed by atoms with Crippen molar-refractivity contribution >= 4 is 45.1 Å². The van der Waals surface area contributed by atoms with Crippen molar-refractivity contribution in [2.45, 2.75) is 28.9 Å². The molecule has 1 aromatic heterocycles. The standard InChI is InChI=1S/C20H17FN2O2S2/c21-14-10-8-13(9-11-14)18(24)23-12-4-3-7-17(19(23)25)27-20-22-15-5-1-2-6-16(15)26-20/h1-2,5-6,8-11,17H,3-4,7,12H2/t17-/m1/s1. The minimum absolute atomic E-state index is 0.189. The van der Waals surface area contributed by atoms with Gasteiger partial charge in [0, 0.05) is 12.1 Å². The van der Waals surface area contributed by atoms with Gasteiger partial charge in [0.1, 0.15) is 5.82 Å². The van der Waals surface area contributed by atoms with Crippen LogP contribution in [0.1, 0.15) is 29.6 Å². The number of benzene rings is 2. The lowest BCUT2D eigenvalue weighted by Gasteiger charge is -2.22. The van der Waals surface area contributed by atoms with Crippen LogP contribution >= 0.6 is 23.1 Å². The number of carbonyl (C=O) groups excluding carboxylic acids is 2. The Kier molecular flexibility index (Phi) is 5.22. The van der Waals surface area contributed by atoms with Gasteiger partial charge in [-0.2, -0.15) is 0 Å². The number of aromatic nitrogens is 1. The number of thioether (sulfide) groups is 1. The molecular formula is C20H17FN2O2S2. The average molecular weight is 401 g/mol. The predicted octanol–water partition coefficient (Wildman–Crippen LogP) is 4.75. The molecule has 0 unspecified atom stereocenters. The van der Waals surface area contributed by atoms with Crippen molar-refractivity contribution in [3.05, 3.63) is 59.9 Å². The Balaban J connectivity index is 1.55. The number of rotatable bonds is 3. The molecule has 1 fully saturated rings. The Bertz CT molecular complexity index is 954. The topological polar surface area (TPSA) is 50.3 Å². The van der Waals surface area contributed by atoms with Crippen LogP contribution in [-0.2, 0) is 4.79 Å². The number of carbonyl (C=O) groups is 2. The summed E-state index contributed by atoms with van der Waals surface area (Å²) in [5, 5.41) is -0.336. The second-order valence-corrected chi connectivity index (χ2v) is 8.83. The van der Waals surface area contributed by atoms with E-state index in [4.69, 9.17) is 0 Å². The summed E-state index contributed by atoms with van der Waals surface area (Å²) in [5.41, 5.74) is 1.25. The zero-order valence-electron chi connectivity index (χ0n) is 14.4. The SMILES string of the molecule is O=C(c1ccc(F)cc1)N1CCCC[C@@H](Sc2nc3ccccc3s2)C1=O. The van der Waals surface area contributed by atoms with Gasteiger partial charge >= 0.3 is 0 Å². The lowest BCUT2D eigenvalue weighted by atomic mass is 10.2. The highest BCUT2D eigenvalue weighted by atomic mass is 32.2. The summed E-state index contributed by atoms with van der Waals surface area (Å²) in [5.74, 6) is -0.958. The molecule has 1 aliphatic rings. The molecular weight excluding hydrogens is 383 g/mol. The summed E-state index contributed by atoms with van der Waals surface area (Å²) in [6.07, 6.45) is 2.36. The van der Waals surface area contributed by atoms with E-state index < -0.39 is 5.82 Å². The smallest absolute Gasteiger partial charge is 0.260 e. The first-order valence-corrected chi connectivity index (χ1v) is 10.4. The number of thiazole rings is 1. The monoisotopic (exact) mass is 400 g/mol. The Morgan fingerprint density at radius 3 is 2.70 bits per heavy atom. The van der Waals surface area contributed by atoms with Gasteiger partial charge in [0.2, 0.25) is 5.91 Å². The molecule has 1 saturated heterocycles. The molecule has 0 spiro atoms. The van der Waals surface area contributed by atoms with Crippen LogP contribution in [0.25, 0.3) is 10.2 Å². The van der Waals surface area contributed by atoms with E-state index in [1.54, 1.807) is 11.3 Å². The largest absolute Gasteiger partial charge is 0.278 e. The highest BCUT2D eigenvalue weighted by molar-refractivity contribution is 8.02. The van der Waals surface area contributed by atoms with Gasteiger partial charge in [-0.15, -0.1) is 11.3 Å². The second kappa shape index (κ2) is 7.78. The molecule has 0 aliphatic carbocycles. The molecule has 0 N–H and O–H groups in total. The van der Waals surface area contributed by atoms with Gasteiger partial charge in [-0.25, -0.2) is 9.37 Å². The number of fused-ring (bicyclic) bond motifs is 1. The maximum absolute atomic E-state index is 13.1. The summed E-state index contributed by atoms with van der Waals surface area (Å²) in [6, 6.07) is 13.2. The van der Waals surface area contributed by atoms with Crippen LogP contribution in [0.15, 0.2) is 52.9 Å². The maximum atomic E-state index is 13.1. The molecule has 3 aromatic rings. The van der Waals surface area contributed by atoms with Crippen molar-refractivity contribution in [1.82, 2.24) is 9.88 Å². The average Bonchev–Trinajstić information content (AvgIpc) is 3.00. The van der Waals surface area contributed by atoms with Crippen LogP contribution in [0.4, 0.5) is 4.39 Å². The molecule has 27 heavy (non-hydrogen) atoms. The van der Waals surface area contributed by atoms with E-state index >= 15 is 0 Å². The summed E-state index contributed by atoms with van der Waals surface area (Å²) >= 11 is 3.00. The molecule has 2 aromatic carbocycles. The van der Waals surface area contributed by atoms with Crippen LogP contribution in [0.5, 0.6) is 0 Å². The van der Waals surface area contributed by atoms with Crippen LogP contribution in [0.2, 0.25) is 0 Å². The predicted molar refractivity (Wildman–Crippen MR) is 106 cm³/mol. The summed E-state index contributed by atoms with van der Waals surface area (Å²) in [6.45, 7) is 0.395. The third-order valence-electron chi connectivity index (χ3n) is 4.49. The van der Waals surface area contributed by atoms with Gasteiger partial charge < -0.3 is 0 Å². The zero-order valence-corrected chi connectivity index (χ0v) is 16.1. The van der Waals surface area contributed by atoms with E-state index in [0.29, 0.717) is 18.5 Å². The number of amides is 2. The quantitative estimate of drug-likeness (QED) is 0.596. The van der Waals surface area contributed by atoms with E-state index in [0.717, 1.165) is 27.4 Å². The van der Waals surface area contributed by atoms with E-state index in [2.05, 4.69) is 4.98 Å². The third-order valence-corrected chi connectivity index (χ3v) is 6.88. The van der Waals surface area contributed by atoms with Crippen molar-refractivity contribution in [2.24, 2.45) is 0 Å². The van der Waals surface area contributed by atoms with Crippen LogP contribution < -0.4 is 0 Å². The first-order chi connectivity index (χ1) is 13.1. The van der Waals surface area contributed by atoms with E-state index in [1.807, 2.05) is 24.3 Å². The van der Waals surface area contributed by atoms with Gasteiger partial charge in [-0.3, -0.25) is 14.5 Å². The molecule has 0 radical (unpaired) electrons. The molecule has 0 saturated carbocycles. The van der Waals surface area contributed by atoms with Crippen molar-refractivity contribution in [2.75, 3.05) is 6.54 Å². The summed E-state index contributed by atoms with van der Waals surface area (Å²) in [4.78, 5) is 31.7. The minimum atomic E-state index is -0.405. The second-order valence-electron chi connectivity index (χ2n) is 6.35. The molecule has 4 rings (SSSR count). The highest BCUT2D eigenvalue weighted by Crippen LogP contribution is 2.35. The van der Waals surface area contributed by atoms with Crippen LogP contribution in [0, 0.1) is 5.82 Å². The Labute approximate surface area is 164 Å². The van der Waals surface area contributed by atoms with Crippen molar-refractivity contribution < 1.29 is 14.0 Å². The van der Waals surface area contributed by atoms with Crippen molar-refractivity contribution in [1.29, 1.82) is 0 Å². The molecule has 1 aliphatic heterocycles. The fourth-order valence-electron chi connectivity index (χ4n) is 3.09. The molecule has 2 amide bonds. The number of hydrogen-bond donors (Lipinski definition) is 0. The van der Waals surface area contributed by atoms with Gasteiger partial charge in [0.05, 0.1) is 15.5 Å². The van der Waals surface area contributed by atoms with E-state index in [1.165, 1.54) is 40.9 Å². The van der Waals surface area contributed by atoms with Gasteiger partial charge in [-0.1, -0.05) is 30.3 Å². The Morgan fingerprint density at radius 1 is 1.15 bits per heavy atom. The first kappa shape index (κ1) is 18.1. The number of likely N-dealkylation sites (tertiary alicyclic amines) is 1. The molecule has 138 valence electrons. The lowest BCUT2D eigenvalue weighted by molar-refractivity contribution is -0.127. The number of imide groups is 1. The van der Waals surface area contributed by atoms with Crippen molar-refractivity contribution in [3.63, 3.8) is 0 Å². The summed E-state index contributed by atoms with van der Waals surface area (Å²) < 4.78 is 15.0. The van der Waals surface area contributed by atoms with E-state index in [9.17, 15) is 14.0 Å². The molecule has 0 bridgehead atoms. The Morgan fingerprint density at radius 2 is 1.93 bits per heavy atom. The number of halogens is 1. The third kappa shape index (κ3) is 3.89. The van der Waals surface area contributed by atoms with Crippen molar-refractivity contribution in [3.8, 4) is 0 Å². The molecule has 7 heteroatoms. The van der Waals surface area contributed by atoms with Gasteiger partial charge in [-0.05, 0) is 49.2 Å². The summed E-state index contributed by atoms with van der Waals surface area (Å²) in [7, 11) is 0. The number of hydrogen-bond acceptors (Lipinski definition) is 5. The lowest BCUT2D eigenvalue weighted by Crippen LogP contribution is -2.41. The number of para-hydroxylation sites is 1. The molecule has 1 atom stereocenters. The minimum Gasteiger partial charge on any atom is -0.278 e. The normalized spacial score (nSPS) is 17.9. The first-order valence-electron chi connectivity index (χ1n) is 8.75. The van der Waals surface area contributed by atoms with Gasteiger partial charge in [0.25, 0.3) is 5.91 Å². The molecule has 4 nitrogen and oxygen atoms in total. The van der Waals surface area contributed by atoms with Crippen LogP contribution in [0.3, 0.4) is 0 Å². The van der Waals surface area contributed by atoms with Gasteiger partial charge in [0.15, 0.2) is 4.34 Å². The maximum Gasteiger partial charge on any atom is 0.260 e. The fraction of sp³-hybridized carbons (Fsp3) is 0.250. The zero-order chi connectivity index (χ0) is 18.8. The molecule has 2 heterocycles.